The number of ether oxygens (including phenoxy) is 1. The molecule has 26 heavy (non-hydrogen) atoms. The fraction of sp³-hybridized carbons (Fsp3) is 0.526. The molecule has 1 rings (SSSR count). The van der Waals surface area contributed by atoms with Crippen molar-refractivity contribution in [2.24, 2.45) is 0 Å². The summed E-state index contributed by atoms with van der Waals surface area (Å²) in [6.07, 6.45) is -0.562. The number of hydrogen-bond donors (Lipinski definition) is 2. The zero-order valence-electron chi connectivity index (χ0n) is 16.6. The summed E-state index contributed by atoms with van der Waals surface area (Å²) in [5.74, 6) is -0.505. The molecule has 1 aromatic carbocycles. The first-order chi connectivity index (χ1) is 11.8. The van der Waals surface area contributed by atoms with E-state index in [1.807, 2.05) is 20.8 Å². The van der Waals surface area contributed by atoms with Crippen molar-refractivity contribution in [3.63, 3.8) is 0 Å². The van der Waals surface area contributed by atoms with Gasteiger partial charge in [0.15, 0.2) is 0 Å². The lowest BCUT2D eigenvalue weighted by molar-refractivity contribution is -0.122. The normalized spacial score (nSPS) is 11.5. The summed E-state index contributed by atoms with van der Waals surface area (Å²) in [6, 6.07) is 6.40. The molecule has 0 fully saturated rings. The molecule has 0 saturated heterocycles. The Hall–Kier alpha value is -2.57. The van der Waals surface area contributed by atoms with Crippen LogP contribution in [0.1, 0.15) is 51.9 Å². The average molecular weight is 363 g/mol. The SMILES string of the molecule is CN(CC(=O)NC(C)(C)C)C(=O)c1ccc(NC(=O)OC(C)(C)C)cc1. The lowest BCUT2D eigenvalue weighted by atomic mass is 10.1. The molecule has 3 amide bonds. The summed E-state index contributed by atoms with van der Waals surface area (Å²) in [5.41, 5.74) is 0.00135. The predicted octanol–water partition coefficient (Wildman–Crippen LogP) is 3.02. The second-order valence-corrected chi connectivity index (χ2v) is 8.16. The molecule has 2 N–H and O–H groups in total. The van der Waals surface area contributed by atoms with Crippen LogP contribution in [0.4, 0.5) is 10.5 Å². The molecule has 0 radical (unpaired) electrons. The van der Waals surface area contributed by atoms with E-state index in [4.69, 9.17) is 4.74 Å². The van der Waals surface area contributed by atoms with Crippen LogP contribution in [0.25, 0.3) is 0 Å². The van der Waals surface area contributed by atoms with E-state index in [0.29, 0.717) is 11.3 Å². The Bertz CT molecular complexity index is 655. The Morgan fingerprint density at radius 3 is 2.00 bits per heavy atom. The molecule has 0 aliphatic carbocycles. The largest absolute Gasteiger partial charge is 0.444 e. The van der Waals surface area contributed by atoms with Gasteiger partial charge >= 0.3 is 6.09 Å². The van der Waals surface area contributed by atoms with Crippen LogP contribution >= 0.6 is 0 Å². The Morgan fingerprint density at radius 1 is 1.00 bits per heavy atom. The maximum atomic E-state index is 12.4. The number of benzene rings is 1. The molecule has 0 heterocycles. The van der Waals surface area contributed by atoms with Gasteiger partial charge in [0, 0.05) is 23.8 Å². The first-order valence-corrected chi connectivity index (χ1v) is 8.43. The van der Waals surface area contributed by atoms with E-state index in [-0.39, 0.29) is 23.9 Å². The van der Waals surface area contributed by atoms with Gasteiger partial charge in [0.1, 0.15) is 5.60 Å². The van der Waals surface area contributed by atoms with E-state index in [1.54, 1.807) is 52.1 Å². The number of nitrogens with zero attached hydrogens (tertiary/aromatic N) is 1. The smallest absolute Gasteiger partial charge is 0.412 e. The molecular formula is C19H29N3O4. The first-order valence-electron chi connectivity index (χ1n) is 8.43. The third-order valence-electron chi connectivity index (χ3n) is 3.02. The molecule has 0 saturated carbocycles. The maximum absolute atomic E-state index is 12.4. The van der Waals surface area contributed by atoms with Gasteiger partial charge in [0.2, 0.25) is 5.91 Å². The van der Waals surface area contributed by atoms with Gasteiger partial charge in [-0.05, 0) is 65.8 Å². The monoisotopic (exact) mass is 363 g/mol. The summed E-state index contributed by atoms with van der Waals surface area (Å²) >= 11 is 0. The van der Waals surface area contributed by atoms with E-state index < -0.39 is 11.7 Å². The molecule has 0 aliphatic heterocycles. The van der Waals surface area contributed by atoms with Gasteiger partial charge in [-0.15, -0.1) is 0 Å². The number of rotatable bonds is 4. The molecule has 0 spiro atoms. The number of anilines is 1. The van der Waals surface area contributed by atoms with Crippen LogP contribution in [0.5, 0.6) is 0 Å². The first kappa shape index (κ1) is 21.5. The molecule has 0 aromatic heterocycles. The highest BCUT2D eigenvalue weighted by molar-refractivity contribution is 5.97. The van der Waals surface area contributed by atoms with E-state index in [9.17, 15) is 14.4 Å². The van der Waals surface area contributed by atoms with Gasteiger partial charge in [-0.1, -0.05) is 0 Å². The van der Waals surface area contributed by atoms with Crippen LogP contribution in [0, 0.1) is 0 Å². The van der Waals surface area contributed by atoms with Crippen LogP contribution in [0.15, 0.2) is 24.3 Å². The van der Waals surface area contributed by atoms with Crippen molar-refractivity contribution in [1.82, 2.24) is 10.2 Å². The number of likely N-dealkylation sites (N-methyl/N-ethyl adjacent to an activating group) is 1. The Morgan fingerprint density at radius 2 is 1.54 bits per heavy atom. The zero-order chi connectivity index (χ0) is 20.1. The van der Waals surface area contributed by atoms with Gasteiger partial charge in [-0.25, -0.2) is 4.79 Å². The summed E-state index contributed by atoms with van der Waals surface area (Å²) in [5, 5.41) is 5.41. The van der Waals surface area contributed by atoms with Crippen LogP contribution in [0.2, 0.25) is 0 Å². The van der Waals surface area contributed by atoms with Crippen molar-refractivity contribution < 1.29 is 19.1 Å². The molecule has 1 aromatic rings. The highest BCUT2D eigenvalue weighted by Crippen LogP contribution is 2.14. The number of nitrogens with one attached hydrogen (secondary N) is 2. The van der Waals surface area contributed by atoms with Crippen LogP contribution in [-0.2, 0) is 9.53 Å². The molecule has 0 bridgehead atoms. The van der Waals surface area contributed by atoms with Crippen molar-refractivity contribution in [1.29, 1.82) is 0 Å². The Kier molecular flexibility index (Phi) is 6.78. The lowest BCUT2D eigenvalue weighted by Crippen LogP contribution is -2.46. The van der Waals surface area contributed by atoms with Crippen molar-refractivity contribution in [2.75, 3.05) is 18.9 Å². The van der Waals surface area contributed by atoms with Gasteiger partial charge in [0.05, 0.1) is 6.54 Å². The predicted molar refractivity (Wildman–Crippen MR) is 101 cm³/mol. The van der Waals surface area contributed by atoms with Gasteiger partial charge in [-0.3, -0.25) is 14.9 Å². The minimum Gasteiger partial charge on any atom is -0.444 e. The maximum Gasteiger partial charge on any atom is 0.412 e. The van der Waals surface area contributed by atoms with Gasteiger partial charge < -0.3 is 15.0 Å². The number of carbonyl (C=O) groups excluding carboxylic acids is 3. The van der Waals surface area contributed by atoms with Gasteiger partial charge in [-0.2, -0.15) is 0 Å². The molecule has 144 valence electrons. The van der Waals surface area contributed by atoms with Crippen LogP contribution in [0.3, 0.4) is 0 Å². The fourth-order valence-corrected chi connectivity index (χ4v) is 2.08. The minimum absolute atomic E-state index is 0.0337. The molecule has 0 atom stereocenters. The second-order valence-electron chi connectivity index (χ2n) is 8.16. The molecule has 0 aliphatic rings. The highest BCUT2D eigenvalue weighted by Gasteiger charge is 2.19. The highest BCUT2D eigenvalue weighted by atomic mass is 16.6. The van der Waals surface area contributed by atoms with Crippen molar-refractivity contribution in [3.8, 4) is 0 Å². The fourth-order valence-electron chi connectivity index (χ4n) is 2.08. The van der Waals surface area contributed by atoms with E-state index in [0.717, 1.165) is 0 Å². The number of hydrogen-bond acceptors (Lipinski definition) is 4. The number of carbonyl (C=O) groups is 3. The van der Waals surface area contributed by atoms with Crippen molar-refractivity contribution in [3.05, 3.63) is 29.8 Å². The topological polar surface area (TPSA) is 87.7 Å². The molecule has 0 unspecified atom stereocenters. The third kappa shape index (κ3) is 8.00. The Labute approximate surface area is 155 Å². The minimum atomic E-state index is -0.587. The molecule has 7 heteroatoms. The summed E-state index contributed by atoms with van der Waals surface area (Å²) in [6.45, 7) is 10.9. The Balaban J connectivity index is 2.65. The van der Waals surface area contributed by atoms with E-state index in [2.05, 4.69) is 10.6 Å². The zero-order valence-corrected chi connectivity index (χ0v) is 16.6. The standard InChI is InChI=1S/C19H29N3O4/c1-18(2,3)21-15(23)12-22(7)16(24)13-8-10-14(11-9-13)20-17(25)26-19(4,5)6/h8-11H,12H2,1-7H3,(H,20,25)(H,21,23). The van der Waals surface area contributed by atoms with Crippen LogP contribution < -0.4 is 10.6 Å². The van der Waals surface area contributed by atoms with E-state index >= 15 is 0 Å². The summed E-state index contributed by atoms with van der Waals surface area (Å²) in [7, 11) is 1.57. The van der Waals surface area contributed by atoms with E-state index in [1.165, 1.54) is 4.90 Å². The summed E-state index contributed by atoms with van der Waals surface area (Å²) in [4.78, 5) is 37.4. The van der Waals surface area contributed by atoms with Crippen molar-refractivity contribution >= 4 is 23.6 Å². The third-order valence-corrected chi connectivity index (χ3v) is 3.02. The van der Waals surface area contributed by atoms with Crippen LogP contribution in [-0.4, -0.2) is 47.5 Å². The molecule has 7 nitrogen and oxygen atoms in total. The average Bonchev–Trinajstić information content (AvgIpc) is 2.43. The summed E-state index contributed by atoms with van der Waals surface area (Å²) < 4.78 is 5.17. The quantitative estimate of drug-likeness (QED) is 0.861. The number of amides is 3. The second kappa shape index (κ2) is 8.21. The lowest BCUT2D eigenvalue weighted by Gasteiger charge is -2.23. The van der Waals surface area contributed by atoms with Gasteiger partial charge in [0.25, 0.3) is 5.91 Å². The molecular weight excluding hydrogens is 334 g/mol. The van der Waals surface area contributed by atoms with Crippen molar-refractivity contribution in [2.45, 2.75) is 52.7 Å².